The molecule has 0 bridgehead atoms. The topological polar surface area (TPSA) is 105 Å². The van der Waals surface area contributed by atoms with E-state index in [4.69, 9.17) is 14.6 Å². The number of amidine groups is 1. The number of furan rings is 1. The van der Waals surface area contributed by atoms with Crippen molar-refractivity contribution in [1.82, 2.24) is 5.01 Å². The monoisotopic (exact) mass is 238 g/mol. The van der Waals surface area contributed by atoms with Crippen molar-refractivity contribution in [2.75, 3.05) is 6.54 Å². The smallest absolute Gasteiger partial charge is 0.433 e. The van der Waals surface area contributed by atoms with E-state index in [0.717, 1.165) is 0 Å². The summed E-state index contributed by atoms with van der Waals surface area (Å²) >= 11 is 0. The molecule has 8 heteroatoms. The molecule has 1 aromatic heterocycles. The minimum atomic E-state index is -0.625. The number of hydrogen-bond acceptors (Lipinski definition) is 6. The van der Waals surface area contributed by atoms with E-state index < -0.39 is 4.92 Å². The third-order valence-electron chi connectivity index (χ3n) is 2.09. The molecular formula is C9H10N4O4. The average molecular weight is 238 g/mol. The van der Waals surface area contributed by atoms with Crippen LogP contribution in [0, 0.1) is 15.5 Å². The predicted molar refractivity (Wildman–Crippen MR) is 57.9 cm³/mol. The van der Waals surface area contributed by atoms with Crippen LogP contribution in [0.4, 0.5) is 5.88 Å². The normalized spacial score (nSPS) is 19.9. The Labute approximate surface area is 96.1 Å². The summed E-state index contributed by atoms with van der Waals surface area (Å²) < 4.78 is 9.94. The summed E-state index contributed by atoms with van der Waals surface area (Å²) in [5.41, 5.74) is 0. The fourth-order valence-corrected chi connectivity index (χ4v) is 1.35. The first-order chi connectivity index (χ1) is 8.06. The van der Waals surface area contributed by atoms with Gasteiger partial charge in [0.2, 0.25) is 0 Å². The van der Waals surface area contributed by atoms with Gasteiger partial charge < -0.3 is 9.15 Å². The number of nitro groups is 1. The van der Waals surface area contributed by atoms with Crippen LogP contribution in [0.5, 0.6) is 0 Å². The lowest BCUT2D eigenvalue weighted by Gasteiger charge is -2.04. The molecule has 8 nitrogen and oxygen atoms in total. The van der Waals surface area contributed by atoms with Gasteiger partial charge in [-0.25, -0.2) is 10.4 Å². The van der Waals surface area contributed by atoms with Crippen molar-refractivity contribution in [2.45, 2.75) is 13.0 Å². The van der Waals surface area contributed by atoms with Crippen molar-refractivity contribution < 1.29 is 14.1 Å². The molecular weight excluding hydrogens is 228 g/mol. The van der Waals surface area contributed by atoms with Crippen LogP contribution in [0.3, 0.4) is 0 Å². The molecule has 1 aliphatic rings. The van der Waals surface area contributed by atoms with Crippen LogP contribution in [-0.2, 0) is 4.74 Å². The Morgan fingerprint density at radius 2 is 2.47 bits per heavy atom. The zero-order valence-corrected chi connectivity index (χ0v) is 8.99. The van der Waals surface area contributed by atoms with Gasteiger partial charge in [0.25, 0.3) is 0 Å². The number of ether oxygens (including phenoxy) is 1. The Balaban J connectivity index is 2.05. The van der Waals surface area contributed by atoms with Crippen LogP contribution in [0.2, 0.25) is 0 Å². The molecule has 1 atom stereocenters. The highest BCUT2D eigenvalue weighted by Gasteiger charge is 2.24. The average Bonchev–Trinajstić information content (AvgIpc) is 2.82. The third-order valence-corrected chi connectivity index (χ3v) is 2.09. The quantitative estimate of drug-likeness (QED) is 0.483. The molecule has 0 aliphatic carbocycles. The zero-order valence-electron chi connectivity index (χ0n) is 8.99. The predicted octanol–water partition coefficient (Wildman–Crippen LogP) is 1.18. The molecule has 2 rings (SSSR count). The summed E-state index contributed by atoms with van der Waals surface area (Å²) in [5.74, 6) is -0.0865. The number of nitrogens with zero attached hydrogens (tertiary/aromatic N) is 3. The van der Waals surface area contributed by atoms with Crippen LogP contribution in [0.15, 0.2) is 21.7 Å². The summed E-state index contributed by atoms with van der Waals surface area (Å²) in [6.07, 6.45) is 1.22. The summed E-state index contributed by atoms with van der Waals surface area (Å²) in [5, 5.41) is 23.1. The number of hydrazone groups is 1. The Hall–Kier alpha value is -2.38. The molecule has 1 aliphatic heterocycles. The van der Waals surface area contributed by atoms with Gasteiger partial charge in [-0.1, -0.05) is 0 Å². The van der Waals surface area contributed by atoms with E-state index in [9.17, 15) is 10.1 Å². The lowest BCUT2D eigenvalue weighted by atomic mass is 10.4. The first-order valence-electron chi connectivity index (χ1n) is 4.87. The van der Waals surface area contributed by atoms with Gasteiger partial charge in [-0.3, -0.25) is 10.1 Å². The highest BCUT2D eigenvalue weighted by atomic mass is 16.6. The molecule has 1 aromatic rings. The number of nitrogens with one attached hydrogen (secondary N) is 1. The third kappa shape index (κ3) is 2.41. The van der Waals surface area contributed by atoms with E-state index in [1.807, 2.05) is 6.92 Å². The van der Waals surface area contributed by atoms with Gasteiger partial charge in [-0.05, 0) is 13.0 Å². The molecule has 90 valence electrons. The van der Waals surface area contributed by atoms with E-state index >= 15 is 0 Å². The SMILES string of the molecule is C[C@@H]1CN(/N=C\c2ccc([N+](=O)[O-])o2)C(=N)O1. The fraction of sp³-hybridized carbons (Fsp3) is 0.333. The van der Waals surface area contributed by atoms with Gasteiger partial charge in [-0.15, -0.1) is 0 Å². The van der Waals surface area contributed by atoms with Crippen molar-refractivity contribution in [2.24, 2.45) is 5.10 Å². The molecule has 1 fully saturated rings. The second kappa shape index (κ2) is 4.24. The van der Waals surface area contributed by atoms with Crippen LogP contribution in [0.25, 0.3) is 0 Å². The largest absolute Gasteiger partial charge is 0.459 e. The van der Waals surface area contributed by atoms with Gasteiger partial charge in [0.1, 0.15) is 11.0 Å². The number of hydrogen-bond donors (Lipinski definition) is 1. The summed E-state index contributed by atoms with van der Waals surface area (Å²) in [4.78, 5) is 9.75. The van der Waals surface area contributed by atoms with Crippen molar-refractivity contribution in [3.05, 3.63) is 28.0 Å². The standard InChI is InChI=1S/C9H10N4O4/c1-6-5-12(9(10)16-6)11-4-7-2-3-8(17-7)13(14)15/h2-4,6,10H,5H2,1H3/b10-9?,11-4-/t6-/m1/s1. The van der Waals surface area contributed by atoms with E-state index in [1.54, 1.807) is 0 Å². The van der Waals surface area contributed by atoms with Crippen LogP contribution >= 0.6 is 0 Å². The van der Waals surface area contributed by atoms with Crippen LogP contribution in [-0.4, -0.2) is 34.8 Å². The lowest BCUT2D eigenvalue weighted by molar-refractivity contribution is -0.402. The first-order valence-corrected chi connectivity index (χ1v) is 4.87. The molecule has 0 spiro atoms. The maximum absolute atomic E-state index is 10.4. The van der Waals surface area contributed by atoms with Crippen molar-refractivity contribution in [1.29, 1.82) is 5.41 Å². The van der Waals surface area contributed by atoms with E-state index in [1.165, 1.54) is 23.4 Å². The van der Waals surface area contributed by atoms with E-state index in [0.29, 0.717) is 6.54 Å². The van der Waals surface area contributed by atoms with Crippen LogP contribution < -0.4 is 0 Å². The molecule has 0 saturated carbocycles. The second-order valence-electron chi connectivity index (χ2n) is 3.49. The first kappa shape index (κ1) is 11.1. The van der Waals surface area contributed by atoms with Gasteiger partial charge in [0.05, 0.1) is 18.8 Å². The maximum atomic E-state index is 10.4. The molecule has 1 N–H and O–H groups in total. The van der Waals surface area contributed by atoms with Crippen molar-refractivity contribution >= 4 is 18.1 Å². The molecule has 0 radical (unpaired) electrons. The van der Waals surface area contributed by atoms with Gasteiger partial charge >= 0.3 is 11.9 Å². The summed E-state index contributed by atoms with van der Waals surface area (Å²) in [6, 6.07) is 2.64. The van der Waals surface area contributed by atoms with Crippen molar-refractivity contribution in [3.63, 3.8) is 0 Å². The highest BCUT2D eigenvalue weighted by Crippen LogP contribution is 2.15. The van der Waals surface area contributed by atoms with E-state index in [-0.39, 0.29) is 23.8 Å². The van der Waals surface area contributed by atoms with Gasteiger partial charge in [0.15, 0.2) is 5.76 Å². The second-order valence-corrected chi connectivity index (χ2v) is 3.49. The van der Waals surface area contributed by atoms with E-state index in [2.05, 4.69) is 5.10 Å². The molecule has 17 heavy (non-hydrogen) atoms. The minimum Gasteiger partial charge on any atom is -0.459 e. The summed E-state index contributed by atoms with van der Waals surface area (Å²) in [7, 11) is 0. The fourth-order valence-electron chi connectivity index (χ4n) is 1.35. The van der Waals surface area contributed by atoms with Gasteiger partial charge in [-0.2, -0.15) is 5.10 Å². The maximum Gasteiger partial charge on any atom is 0.433 e. The van der Waals surface area contributed by atoms with Gasteiger partial charge in [0, 0.05) is 0 Å². The Bertz CT molecular complexity index is 481. The summed E-state index contributed by atoms with van der Waals surface area (Å²) in [6.45, 7) is 2.29. The molecule has 0 unspecified atom stereocenters. The number of rotatable bonds is 3. The molecule has 1 saturated heterocycles. The zero-order chi connectivity index (χ0) is 12.4. The Kier molecular flexibility index (Phi) is 2.77. The Morgan fingerprint density at radius 1 is 1.71 bits per heavy atom. The molecule has 0 aromatic carbocycles. The highest BCUT2D eigenvalue weighted by molar-refractivity contribution is 5.79. The molecule has 2 heterocycles. The molecule has 0 amide bonds. The van der Waals surface area contributed by atoms with Crippen molar-refractivity contribution in [3.8, 4) is 0 Å². The Morgan fingerprint density at radius 3 is 3.00 bits per heavy atom. The minimum absolute atomic E-state index is 0.0465. The van der Waals surface area contributed by atoms with Crippen LogP contribution in [0.1, 0.15) is 12.7 Å². The lowest BCUT2D eigenvalue weighted by Crippen LogP contribution is -2.18.